The first-order chi connectivity index (χ1) is 11.0. The smallest absolute Gasteiger partial charge is 0.353 e. The fraction of sp³-hybridized carbons (Fsp3) is 0.286. The number of hydrogen-bond acceptors (Lipinski definition) is 7. The molecule has 0 saturated heterocycles. The van der Waals surface area contributed by atoms with Crippen LogP contribution < -0.4 is 22.1 Å². The molecule has 2 aromatic rings. The zero-order valence-corrected chi connectivity index (χ0v) is 12.9. The molecule has 0 aliphatic heterocycles. The van der Waals surface area contributed by atoms with Gasteiger partial charge in [0.15, 0.2) is 0 Å². The van der Waals surface area contributed by atoms with Crippen LogP contribution in [0.4, 0.5) is 29.0 Å². The van der Waals surface area contributed by atoms with Gasteiger partial charge in [0.05, 0.1) is 11.5 Å². The minimum absolute atomic E-state index is 0.0604. The number of benzene rings is 1. The summed E-state index contributed by atoms with van der Waals surface area (Å²) in [6.45, 7) is 3.31. The Labute approximate surface area is 133 Å². The molecule has 122 valence electrons. The predicted molar refractivity (Wildman–Crippen MR) is 88.4 cm³/mol. The molecule has 2 rings (SSSR count). The molecule has 0 amide bonds. The van der Waals surface area contributed by atoms with Crippen LogP contribution in [0.3, 0.4) is 0 Å². The lowest BCUT2D eigenvalue weighted by molar-refractivity contribution is -0.383. The lowest BCUT2D eigenvalue weighted by Gasteiger charge is -2.10. The van der Waals surface area contributed by atoms with Gasteiger partial charge in [0, 0.05) is 18.7 Å². The number of anilines is 4. The number of hydrogen-bond donors (Lipinski definition) is 4. The number of nitrogen functional groups attached to an aromatic ring is 1. The van der Waals surface area contributed by atoms with E-state index in [1.807, 2.05) is 25.1 Å². The van der Waals surface area contributed by atoms with Gasteiger partial charge in [0.2, 0.25) is 17.6 Å². The molecule has 9 nitrogen and oxygen atoms in total. The normalized spacial score (nSPS) is 10.3. The monoisotopic (exact) mass is 318 g/mol. The Morgan fingerprint density at radius 3 is 2.83 bits per heavy atom. The van der Waals surface area contributed by atoms with Gasteiger partial charge in [-0.25, -0.2) is 0 Å². The number of aromatic nitrogens is 2. The third kappa shape index (κ3) is 4.27. The van der Waals surface area contributed by atoms with Crippen molar-refractivity contribution in [3.63, 3.8) is 0 Å². The van der Waals surface area contributed by atoms with Crippen LogP contribution in [0, 0.1) is 17.0 Å². The summed E-state index contributed by atoms with van der Waals surface area (Å²) in [5.74, 6) is 0.124. The zero-order chi connectivity index (χ0) is 16.8. The van der Waals surface area contributed by atoms with Crippen molar-refractivity contribution in [2.24, 2.45) is 0 Å². The van der Waals surface area contributed by atoms with Crippen molar-refractivity contribution < 1.29 is 10.7 Å². The SMILES string of the molecule is Cc1cccc(Nc2nc(NCCC[NH3+])nc(N)c2[N+](=O)[O-])c1. The van der Waals surface area contributed by atoms with Crippen LogP contribution in [0.5, 0.6) is 0 Å². The van der Waals surface area contributed by atoms with Gasteiger partial charge in [-0.2, -0.15) is 9.97 Å². The number of aryl methyl sites for hydroxylation is 1. The van der Waals surface area contributed by atoms with E-state index >= 15 is 0 Å². The average Bonchev–Trinajstić information content (AvgIpc) is 2.46. The predicted octanol–water partition coefficient (Wildman–Crippen LogP) is 1.06. The molecular formula is C14H20N7O2+. The number of rotatable bonds is 7. The standard InChI is InChI=1S/C14H19N7O2/c1-9-4-2-5-10(8-9)18-13-11(21(22)23)12(16)19-14(20-13)17-7-3-6-15/h2,4-5,8H,3,6-7,15H2,1H3,(H4,16,17,18,19,20)/p+1. The zero-order valence-electron chi connectivity index (χ0n) is 12.9. The summed E-state index contributed by atoms with van der Waals surface area (Å²) in [6, 6.07) is 7.43. The topological polar surface area (TPSA) is 147 Å². The van der Waals surface area contributed by atoms with E-state index in [1.165, 1.54) is 0 Å². The van der Waals surface area contributed by atoms with Crippen molar-refractivity contribution in [1.29, 1.82) is 0 Å². The Bertz CT molecular complexity index is 706. The van der Waals surface area contributed by atoms with Gasteiger partial charge in [-0.3, -0.25) is 10.1 Å². The second kappa shape index (κ2) is 7.36. The van der Waals surface area contributed by atoms with E-state index in [0.717, 1.165) is 18.5 Å². The van der Waals surface area contributed by atoms with E-state index in [4.69, 9.17) is 5.73 Å². The second-order valence-corrected chi connectivity index (χ2v) is 5.02. The van der Waals surface area contributed by atoms with E-state index in [2.05, 4.69) is 26.3 Å². The van der Waals surface area contributed by atoms with Gasteiger partial charge in [0.25, 0.3) is 0 Å². The summed E-state index contributed by atoms with van der Waals surface area (Å²) in [7, 11) is 0. The lowest BCUT2D eigenvalue weighted by atomic mass is 10.2. The van der Waals surface area contributed by atoms with E-state index < -0.39 is 4.92 Å². The Hall–Kier alpha value is -2.94. The number of nitrogens with zero attached hydrogens (tertiary/aromatic N) is 3. The van der Waals surface area contributed by atoms with Crippen LogP contribution >= 0.6 is 0 Å². The van der Waals surface area contributed by atoms with Crippen molar-refractivity contribution in [2.45, 2.75) is 13.3 Å². The van der Waals surface area contributed by atoms with Crippen LogP contribution in [0.25, 0.3) is 0 Å². The highest BCUT2D eigenvalue weighted by molar-refractivity contribution is 5.74. The second-order valence-electron chi connectivity index (χ2n) is 5.02. The summed E-state index contributed by atoms with van der Waals surface area (Å²) in [4.78, 5) is 18.8. The van der Waals surface area contributed by atoms with Crippen LogP contribution in [0.2, 0.25) is 0 Å². The Balaban J connectivity index is 2.35. The molecule has 0 aliphatic carbocycles. The molecule has 0 saturated carbocycles. The van der Waals surface area contributed by atoms with Crippen molar-refractivity contribution in [2.75, 3.05) is 29.5 Å². The minimum Gasteiger partial charge on any atom is -0.378 e. The molecule has 23 heavy (non-hydrogen) atoms. The number of nitrogens with two attached hydrogens (primary N) is 1. The third-order valence-corrected chi connectivity index (χ3v) is 3.08. The van der Waals surface area contributed by atoms with Crippen molar-refractivity contribution in [3.8, 4) is 0 Å². The molecule has 0 atom stereocenters. The Kier molecular flexibility index (Phi) is 5.26. The third-order valence-electron chi connectivity index (χ3n) is 3.08. The molecule has 0 bridgehead atoms. The van der Waals surface area contributed by atoms with Crippen molar-refractivity contribution in [1.82, 2.24) is 9.97 Å². The molecule has 1 heterocycles. The maximum absolute atomic E-state index is 11.2. The fourth-order valence-electron chi connectivity index (χ4n) is 2.00. The van der Waals surface area contributed by atoms with E-state index in [9.17, 15) is 10.1 Å². The largest absolute Gasteiger partial charge is 0.378 e. The maximum Gasteiger partial charge on any atom is 0.353 e. The summed E-state index contributed by atoms with van der Waals surface area (Å²) in [5, 5.41) is 17.2. The van der Waals surface area contributed by atoms with Crippen molar-refractivity contribution >= 4 is 29.0 Å². The Morgan fingerprint density at radius 1 is 1.39 bits per heavy atom. The molecule has 0 spiro atoms. The van der Waals surface area contributed by atoms with Crippen LogP contribution in [-0.4, -0.2) is 28.0 Å². The number of nitro groups is 1. The van der Waals surface area contributed by atoms with E-state index in [1.54, 1.807) is 6.07 Å². The van der Waals surface area contributed by atoms with E-state index in [-0.39, 0.29) is 23.3 Å². The first-order valence-corrected chi connectivity index (χ1v) is 7.20. The number of nitrogens with one attached hydrogen (secondary N) is 2. The minimum atomic E-state index is -0.590. The van der Waals surface area contributed by atoms with Crippen molar-refractivity contribution in [3.05, 3.63) is 39.9 Å². The quantitative estimate of drug-likeness (QED) is 0.339. The summed E-state index contributed by atoms with van der Waals surface area (Å²) >= 11 is 0. The first-order valence-electron chi connectivity index (χ1n) is 7.20. The molecule has 0 radical (unpaired) electrons. The first kappa shape index (κ1) is 16.4. The highest BCUT2D eigenvalue weighted by atomic mass is 16.6. The molecule has 9 heteroatoms. The highest BCUT2D eigenvalue weighted by Crippen LogP contribution is 2.31. The lowest BCUT2D eigenvalue weighted by Crippen LogP contribution is -2.50. The van der Waals surface area contributed by atoms with Crippen LogP contribution in [0.15, 0.2) is 24.3 Å². The summed E-state index contributed by atoms with van der Waals surface area (Å²) in [6.07, 6.45) is 0.834. The van der Waals surface area contributed by atoms with Gasteiger partial charge >= 0.3 is 5.69 Å². The molecular weight excluding hydrogens is 298 g/mol. The highest BCUT2D eigenvalue weighted by Gasteiger charge is 2.23. The van der Waals surface area contributed by atoms with Gasteiger partial charge in [-0.15, -0.1) is 0 Å². The molecule has 1 aromatic carbocycles. The molecule has 7 N–H and O–H groups in total. The Morgan fingerprint density at radius 2 is 2.17 bits per heavy atom. The molecule has 1 aromatic heterocycles. The maximum atomic E-state index is 11.2. The molecule has 0 fully saturated rings. The van der Waals surface area contributed by atoms with Crippen LogP contribution in [0.1, 0.15) is 12.0 Å². The van der Waals surface area contributed by atoms with Gasteiger partial charge in [-0.1, -0.05) is 12.1 Å². The molecule has 0 unspecified atom stereocenters. The van der Waals surface area contributed by atoms with Gasteiger partial charge < -0.3 is 22.1 Å². The van der Waals surface area contributed by atoms with Gasteiger partial charge in [-0.05, 0) is 24.6 Å². The van der Waals surface area contributed by atoms with E-state index in [0.29, 0.717) is 12.2 Å². The fourth-order valence-corrected chi connectivity index (χ4v) is 2.00. The summed E-state index contributed by atoms with van der Waals surface area (Å²) < 4.78 is 0. The summed E-state index contributed by atoms with van der Waals surface area (Å²) in [5.41, 5.74) is 10.8. The molecule has 0 aliphatic rings. The van der Waals surface area contributed by atoms with Gasteiger partial charge in [0.1, 0.15) is 0 Å². The number of quaternary nitrogens is 1. The average molecular weight is 318 g/mol. The van der Waals surface area contributed by atoms with Crippen LogP contribution in [-0.2, 0) is 0 Å².